The Kier molecular flexibility index (Phi) is 7.06. The van der Waals surface area contributed by atoms with Crippen molar-refractivity contribution in [3.63, 3.8) is 0 Å². The van der Waals surface area contributed by atoms with E-state index in [1.807, 2.05) is 0 Å². The summed E-state index contributed by atoms with van der Waals surface area (Å²) in [7, 11) is -2.27. The largest absolute Gasteiger partial charge is 0.496 e. The van der Waals surface area contributed by atoms with Gasteiger partial charge < -0.3 is 14.8 Å². The van der Waals surface area contributed by atoms with Crippen LogP contribution in [0.2, 0.25) is 0 Å². The molecule has 0 saturated carbocycles. The smallest absolute Gasteiger partial charge is 0.341 e. The summed E-state index contributed by atoms with van der Waals surface area (Å²) >= 11 is 1.38. The Labute approximate surface area is 197 Å². The molecule has 2 heterocycles. The highest BCUT2D eigenvalue weighted by Crippen LogP contribution is 2.39. The number of anilines is 1. The van der Waals surface area contributed by atoms with Crippen molar-refractivity contribution in [3.8, 4) is 5.75 Å². The first kappa shape index (κ1) is 23.7. The Balaban J connectivity index is 1.69. The molecule has 2 aliphatic rings. The van der Waals surface area contributed by atoms with Crippen LogP contribution in [0.25, 0.3) is 0 Å². The van der Waals surface area contributed by atoms with Gasteiger partial charge in [0.15, 0.2) is 0 Å². The number of fused-ring (bicyclic) bond motifs is 1. The third-order valence-electron chi connectivity index (χ3n) is 6.00. The van der Waals surface area contributed by atoms with Gasteiger partial charge in [-0.05, 0) is 69.2 Å². The van der Waals surface area contributed by atoms with E-state index in [1.54, 1.807) is 6.92 Å². The van der Waals surface area contributed by atoms with Crippen LogP contribution in [-0.2, 0) is 27.6 Å². The van der Waals surface area contributed by atoms with E-state index < -0.39 is 21.9 Å². The summed E-state index contributed by atoms with van der Waals surface area (Å²) in [5, 5.41) is 3.27. The number of nitrogens with zero attached hydrogens (tertiary/aromatic N) is 1. The zero-order valence-electron chi connectivity index (χ0n) is 18.8. The van der Waals surface area contributed by atoms with Crippen LogP contribution in [0.1, 0.15) is 63.8 Å². The number of sulfonamides is 1. The number of amides is 1. The lowest BCUT2D eigenvalue weighted by atomic mass is 9.95. The van der Waals surface area contributed by atoms with Crippen LogP contribution >= 0.6 is 11.3 Å². The SMILES string of the molecule is CCOC(=O)c1c(NC(=O)c2cc(S(=O)(=O)N3CCCC3)ccc2OC)sc2c1CCCC2. The van der Waals surface area contributed by atoms with Crippen LogP contribution in [0.15, 0.2) is 23.1 Å². The molecule has 1 saturated heterocycles. The molecule has 1 aromatic heterocycles. The third kappa shape index (κ3) is 4.64. The van der Waals surface area contributed by atoms with Gasteiger partial charge in [0.1, 0.15) is 10.8 Å². The number of carbonyl (C=O) groups excluding carboxylic acids is 2. The number of hydrogen-bond donors (Lipinski definition) is 1. The molecule has 1 amide bonds. The zero-order valence-corrected chi connectivity index (χ0v) is 20.4. The molecule has 1 aliphatic heterocycles. The quantitative estimate of drug-likeness (QED) is 0.589. The Morgan fingerprint density at radius 2 is 1.85 bits per heavy atom. The molecule has 33 heavy (non-hydrogen) atoms. The highest BCUT2D eigenvalue weighted by atomic mass is 32.2. The number of ether oxygens (including phenoxy) is 2. The fourth-order valence-electron chi connectivity index (χ4n) is 4.35. The number of carbonyl (C=O) groups is 2. The van der Waals surface area contributed by atoms with E-state index in [0.717, 1.165) is 49.0 Å². The lowest BCUT2D eigenvalue weighted by Gasteiger charge is -2.17. The fourth-order valence-corrected chi connectivity index (χ4v) is 7.16. The average Bonchev–Trinajstić information content (AvgIpc) is 3.47. The maximum Gasteiger partial charge on any atom is 0.341 e. The minimum atomic E-state index is -3.70. The minimum absolute atomic E-state index is 0.0476. The highest BCUT2D eigenvalue weighted by molar-refractivity contribution is 7.89. The second-order valence-electron chi connectivity index (χ2n) is 8.06. The number of hydrogen-bond acceptors (Lipinski definition) is 7. The van der Waals surface area contributed by atoms with Crippen molar-refractivity contribution in [3.05, 3.63) is 39.8 Å². The predicted molar refractivity (Wildman–Crippen MR) is 126 cm³/mol. The molecule has 0 spiro atoms. The first-order chi connectivity index (χ1) is 15.9. The lowest BCUT2D eigenvalue weighted by Crippen LogP contribution is -2.28. The van der Waals surface area contributed by atoms with Gasteiger partial charge >= 0.3 is 5.97 Å². The summed E-state index contributed by atoms with van der Waals surface area (Å²) in [5.74, 6) is -0.731. The van der Waals surface area contributed by atoms with Gasteiger partial charge in [0, 0.05) is 18.0 Å². The molecule has 1 fully saturated rings. The Morgan fingerprint density at radius 1 is 1.12 bits per heavy atom. The van der Waals surface area contributed by atoms with Crippen LogP contribution in [0.3, 0.4) is 0 Å². The summed E-state index contributed by atoms with van der Waals surface area (Å²) in [5.41, 5.74) is 1.45. The van der Waals surface area contributed by atoms with Gasteiger partial charge in [0.2, 0.25) is 10.0 Å². The molecule has 0 atom stereocenters. The molecule has 178 valence electrons. The van der Waals surface area contributed by atoms with Gasteiger partial charge in [-0.25, -0.2) is 13.2 Å². The summed E-state index contributed by atoms with van der Waals surface area (Å²) in [4.78, 5) is 27.1. The number of aryl methyl sites for hydroxylation is 1. The average molecular weight is 493 g/mol. The zero-order chi connectivity index (χ0) is 23.6. The van der Waals surface area contributed by atoms with E-state index in [1.165, 1.54) is 41.0 Å². The molecule has 1 aromatic carbocycles. The summed E-state index contributed by atoms with van der Waals surface area (Å²) in [6.45, 7) is 2.92. The van der Waals surface area contributed by atoms with Gasteiger partial charge in [-0.1, -0.05) is 0 Å². The molecular formula is C23H28N2O6S2. The molecule has 8 nitrogen and oxygen atoms in total. The normalized spacial score (nSPS) is 16.3. The monoisotopic (exact) mass is 492 g/mol. The molecule has 4 rings (SSSR count). The van der Waals surface area contributed by atoms with Gasteiger partial charge in [0.05, 0.1) is 29.7 Å². The maximum absolute atomic E-state index is 13.3. The third-order valence-corrected chi connectivity index (χ3v) is 9.10. The van der Waals surface area contributed by atoms with Gasteiger partial charge in [-0.15, -0.1) is 11.3 Å². The Hall–Kier alpha value is -2.43. The molecule has 1 aliphatic carbocycles. The topological polar surface area (TPSA) is 102 Å². The van der Waals surface area contributed by atoms with Crippen molar-refractivity contribution in [2.24, 2.45) is 0 Å². The van der Waals surface area contributed by atoms with Gasteiger partial charge in [-0.3, -0.25) is 4.79 Å². The first-order valence-corrected chi connectivity index (χ1v) is 13.4. The van der Waals surface area contributed by atoms with Crippen molar-refractivity contribution in [1.29, 1.82) is 0 Å². The minimum Gasteiger partial charge on any atom is -0.496 e. The fraction of sp³-hybridized carbons (Fsp3) is 0.478. The molecular weight excluding hydrogens is 464 g/mol. The Morgan fingerprint density at radius 3 is 2.55 bits per heavy atom. The van der Waals surface area contributed by atoms with Crippen LogP contribution < -0.4 is 10.1 Å². The van der Waals surface area contributed by atoms with E-state index in [-0.39, 0.29) is 22.8 Å². The van der Waals surface area contributed by atoms with Crippen LogP contribution in [-0.4, -0.2) is 51.4 Å². The molecule has 0 bridgehead atoms. The predicted octanol–water partition coefficient (Wildman–Crippen LogP) is 3.85. The maximum atomic E-state index is 13.3. The summed E-state index contributed by atoms with van der Waals surface area (Å²) in [6.07, 6.45) is 5.28. The molecule has 10 heteroatoms. The van der Waals surface area contributed by atoms with E-state index >= 15 is 0 Å². The van der Waals surface area contributed by atoms with E-state index in [0.29, 0.717) is 23.7 Å². The van der Waals surface area contributed by atoms with Crippen molar-refractivity contribution >= 4 is 38.2 Å². The van der Waals surface area contributed by atoms with E-state index in [4.69, 9.17) is 9.47 Å². The van der Waals surface area contributed by atoms with Crippen molar-refractivity contribution < 1.29 is 27.5 Å². The summed E-state index contributed by atoms with van der Waals surface area (Å²) in [6, 6.07) is 4.29. The van der Waals surface area contributed by atoms with Crippen LogP contribution in [0.5, 0.6) is 5.75 Å². The van der Waals surface area contributed by atoms with Crippen molar-refractivity contribution in [2.75, 3.05) is 32.1 Å². The second-order valence-corrected chi connectivity index (χ2v) is 11.1. The van der Waals surface area contributed by atoms with Gasteiger partial charge in [0.25, 0.3) is 5.91 Å². The molecule has 1 N–H and O–H groups in total. The highest BCUT2D eigenvalue weighted by Gasteiger charge is 2.30. The van der Waals surface area contributed by atoms with Gasteiger partial charge in [-0.2, -0.15) is 4.31 Å². The van der Waals surface area contributed by atoms with Crippen molar-refractivity contribution in [1.82, 2.24) is 4.31 Å². The number of benzene rings is 1. The second kappa shape index (κ2) is 9.82. The van der Waals surface area contributed by atoms with Crippen LogP contribution in [0.4, 0.5) is 5.00 Å². The number of thiophene rings is 1. The standard InChI is InChI=1S/C23H28N2O6S2/c1-3-31-23(27)20-16-8-4-5-9-19(16)32-22(20)24-21(26)17-14-15(10-11-18(17)30-2)33(28,29)25-12-6-7-13-25/h10-11,14H,3-9,12-13H2,1-2H3,(H,24,26). The van der Waals surface area contributed by atoms with E-state index in [9.17, 15) is 18.0 Å². The van der Waals surface area contributed by atoms with Crippen molar-refractivity contribution in [2.45, 2.75) is 50.3 Å². The number of esters is 1. The molecule has 0 radical (unpaired) electrons. The van der Waals surface area contributed by atoms with E-state index in [2.05, 4.69) is 5.32 Å². The summed E-state index contributed by atoms with van der Waals surface area (Å²) < 4.78 is 38.0. The lowest BCUT2D eigenvalue weighted by molar-refractivity contribution is 0.0526. The number of methoxy groups -OCH3 is 1. The Bertz CT molecular complexity index is 1170. The number of rotatable bonds is 7. The number of nitrogens with one attached hydrogen (secondary N) is 1. The molecule has 0 unspecified atom stereocenters. The molecule has 2 aromatic rings. The van der Waals surface area contributed by atoms with Crippen LogP contribution in [0, 0.1) is 0 Å². The first-order valence-electron chi connectivity index (χ1n) is 11.2.